The third-order valence-electron chi connectivity index (χ3n) is 3.71. The van der Waals surface area contributed by atoms with Crippen LogP contribution >= 0.6 is 22.6 Å². The average Bonchev–Trinajstić information content (AvgIpc) is 2.67. The first-order valence-corrected chi connectivity index (χ1v) is 11.3. The second-order valence-corrected chi connectivity index (χ2v) is 8.76. The lowest BCUT2D eigenvalue weighted by molar-refractivity contribution is -0.111. The lowest BCUT2D eigenvalue weighted by atomic mass is 10.2. The van der Waals surface area contributed by atoms with Crippen molar-refractivity contribution in [3.05, 3.63) is 57.7 Å². The van der Waals surface area contributed by atoms with Crippen LogP contribution in [0.2, 0.25) is 0 Å². The fourth-order valence-electron chi connectivity index (χ4n) is 2.27. The average molecular weight is 515 g/mol. The van der Waals surface area contributed by atoms with Gasteiger partial charge in [0.1, 0.15) is 0 Å². The van der Waals surface area contributed by atoms with Crippen molar-refractivity contribution in [2.75, 3.05) is 18.2 Å². The number of hydrogen-bond acceptors (Lipinski definition) is 5. The minimum absolute atomic E-state index is 0.0488. The van der Waals surface area contributed by atoms with E-state index in [1.54, 1.807) is 18.2 Å². The number of benzene rings is 2. The van der Waals surface area contributed by atoms with Crippen LogP contribution in [-0.2, 0) is 14.9 Å². The van der Waals surface area contributed by atoms with E-state index in [-0.39, 0.29) is 23.2 Å². The van der Waals surface area contributed by atoms with Crippen molar-refractivity contribution in [1.82, 2.24) is 0 Å². The summed E-state index contributed by atoms with van der Waals surface area (Å²) >= 11 is 2.15. The van der Waals surface area contributed by atoms with Gasteiger partial charge in [-0.05, 0) is 64.9 Å². The molecule has 0 fully saturated rings. The molecule has 0 aliphatic rings. The van der Waals surface area contributed by atoms with Crippen molar-refractivity contribution in [2.24, 2.45) is 0 Å². The minimum atomic E-state index is -3.67. The van der Waals surface area contributed by atoms with Crippen LogP contribution in [0.4, 0.5) is 5.69 Å². The second-order valence-electron chi connectivity index (χ2n) is 5.91. The van der Waals surface area contributed by atoms with Crippen LogP contribution in [0.3, 0.4) is 0 Å². The third kappa shape index (κ3) is 6.83. The summed E-state index contributed by atoms with van der Waals surface area (Å²) in [5.41, 5.74) is 1.41. The number of ether oxygens (including phenoxy) is 1. The molecule has 1 N–H and O–H groups in total. The first-order valence-electron chi connectivity index (χ1n) is 8.68. The summed E-state index contributed by atoms with van der Waals surface area (Å²) in [6.45, 7) is 1.91. The van der Waals surface area contributed by atoms with Gasteiger partial charge >= 0.3 is 10.1 Å². The Morgan fingerprint density at radius 2 is 1.93 bits per heavy atom. The number of amides is 1. The Morgan fingerprint density at radius 1 is 1.18 bits per heavy atom. The van der Waals surface area contributed by atoms with E-state index in [1.165, 1.54) is 19.3 Å². The Bertz CT molecular complexity index is 957. The molecule has 6 nitrogen and oxygen atoms in total. The van der Waals surface area contributed by atoms with E-state index in [2.05, 4.69) is 27.9 Å². The molecule has 0 heterocycles. The molecule has 2 aromatic carbocycles. The predicted molar refractivity (Wildman–Crippen MR) is 119 cm³/mol. The number of unbranched alkanes of at least 4 members (excludes halogenated alkanes) is 1. The summed E-state index contributed by atoms with van der Waals surface area (Å²) in [6, 6.07) is 12.2. The second kappa shape index (κ2) is 10.5. The van der Waals surface area contributed by atoms with Gasteiger partial charge in [0, 0.05) is 9.65 Å². The standard InChI is InChI=1S/C20H22INO5S/c1-3-4-13-28(24,25)27-18-11-9-15(14-19(18)26-2)10-12-20(23)22-17-8-6-5-7-16(17)21/h5-12,14H,3-4,13H2,1-2H3,(H,22,23). The molecule has 150 valence electrons. The van der Waals surface area contributed by atoms with Gasteiger partial charge in [0.05, 0.1) is 18.6 Å². The number of carbonyl (C=O) groups is 1. The Balaban J connectivity index is 2.09. The lowest BCUT2D eigenvalue weighted by Gasteiger charge is -2.11. The summed E-state index contributed by atoms with van der Waals surface area (Å²) in [7, 11) is -2.24. The largest absolute Gasteiger partial charge is 0.493 e. The number of hydrogen-bond donors (Lipinski definition) is 1. The fraction of sp³-hybridized carbons (Fsp3) is 0.250. The first-order chi connectivity index (χ1) is 13.3. The molecular formula is C20H22INO5S. The molecule has 0 radical (unpaired) electrons. The van der Waals surface area contributed by atoms with E-state index in [0.29, 0.717) is 12.0 Å². The molecule has 0 aliphatic carbocycles. The van der Waals surface area contributed by atoms with Crippen LogP contribution in [0.25, 0.3) is 6.08 Å². The maximum atomic E-state index is 12.1. The van der Waals surface area contributed by atoms with Crippen molar-refractivity contribution in [3.8, 4) is 11.5 Å². The Kier molecular flexibility index (Phi) is 8.31. The smallest absolute Gasteiger partial charge is 0.309 e. The number of carbonyl (C=O) groups excluding carboxylic acids is 1. The summed E-state index contributed by atoms with van der Waals surface area (Å²) in [4.78, 5) is 12.1. The predicted octanol–water partition coefficient (Wildman–Crippen LogP) is 4.46. The van der Waals surface area contributed by atoms with Crippen molar-refractivity contribution in [2.45, 2.75) is 19.8 Å². The van der Waals surface area contributed by atoms with E-state index >= 15 is 0 Å². The van der Waals surface area contributed by atoms with Crippen LogP contribution in [0.1, 0.15) is 25.3 Å². The SMILES string of the molecule is CCCCS(=O)(=O)Oc1ccc(C=CC(=O)Nc2ccccc2I)cc1OC. The zero-order chi connectivity index (χ0) is 20.6. The zero-order valence-electron chi connectivity index (χ0n) is 15.6. The van der Waals surface area contributed by atoms with Crippen LogP contribution < -0.4 is 14.2 Å². The van der Waals surface area contributed by atoms with Gasteiger partial charge in [0.25, 0.3) is 0 Å². The van der Waals surface area contributed by atoms with Crippen molar-refractivity contribution >= 4 is 50.4 Å². The Morgan fingerprint density at radius 3 is 2.61 bits per heavy atom. The van der Waals surface area contributed by atoms with Gasteiger partial charge in [-0.25, -0.2) is 0 Å². The van der Waals surface area contributed by atoms with Gasteiger partial charge in [0.2, 0.25) is 5.91 Å². The van der Waals surface area contributed by atoms with E-state index < -0.39 is 10.1 Å². The number of rotatable bonds is 9. The molecule has 0 aliphatic heterocycles. The summed E-state index contributed by atoms with van der Waals surface area (Å²) in [6.07, 6.45) is 4.30. The van der Waals surface area contributed by atoms with Gasteiger partial charge in [-0.15, -0.1) is 0 Å². The highest BCUT2D eigenvalue weighted by Gasteiger charge is 2.15. The number of methoxy groups -OCH3 is 1. The molecule has 1 amide bonds. The fourth-order valence-corrected chi connectivity index (χ4v) is 3.92. The minimum Gasteiger partial charge on any atom is -0.493 e. The Hall–Kier alpha value is -2.07. The maximum Gasteiger partial charge on any atom is 0.309 e. The van der Waals surface area contributed by atoms with Gasteiger partial charge in [-0.1, -0.05) is 31.5 Å². The molecule has 0 unspecified atom stereocenters. The monoisotopic (exact) mass is 515 g/mol. The molecule has 0 saturated heterocycles. The van der Waals surface area contributed by atoms with Crippen LogP contribution in [0.15, 0.2) is 48.5 Å². The molecule has 0 bridgehead atoms. The summed E-state index contributed by atoms with van der Waals surface area (Å²) in [5, 5.41) is 2.80. The molecular weight excluding hydrogens is 493 g/mol. The molecule has 0 saturated carbocycles. The topological polar surface area (TPSA) is 81.7 Å². The van der Waals surface area contributed by atoms with E-state index in [9.17, 15) is 13.2 Å². The normalized spacial score (nSPS) is 11.4. The molecule has 28 heavy (non-hydrogen) atoms. The molecule has 2 aromatic rings. The van der Waals surface area contributed by atoms with Gasteiger partial charge < -0.3 is 14.2 Å². The summed E-state index contributed by atoms with van der Waals surface area (Å²) < 4.78 is 35.3. The number of nitrogens with one attached hydrogen (secondary N) is 1. The molecule has 2 rings (SSSR count). The number of para-hydroxylation sites is 1. The Labute approximate surface area is 179 Å². The molecule has 8 heteroatoms. The van der Waals surface area contributed by atoms with Gasteiger partial charge in [-0.3, -0.25) is 4.79 Å². The van der Waals surface area contributed by atoms with Crippen LogP contribution in [0.5, 0.6) is 11.5 Å². The van der Waals surface area contributed by atoms with E-state index in [1.807, 2.05) is 31.2 Å². The summed E-state index contributed by atoms with van der Waals surface area (Å²) in [5.74, 6) is 0.0806. The van der Waals surface area contributed by atoms with Crippen molar-refractivity contribution in [3.63, 3.8) is 0 Å². The van der Waals surface area contributed by atoms with E-state index in [4.69, 9.17) is 8.92 Å². The van der Waals surface area contributed by atoms with E-state index in [0.717, 1.165) is 15.7 Å². The maximum absolute atomic E-state index is 12.1. The van der Waals surface area contributed by atoms with Gasteiger partial charge in [-0.2, -0.15) is 8.42 Å². The highest BCUT2D eigenvalue weighted by atomic mass is 127. The first kappa shape index (κ1) is 22.2. The highest BCUT2D eigenvalue weighted by Crippen LogP contribution is 2.30. The zero-order valence-corrected chi connectivity index (χ0v) is 18.6. The third-order valence-corrected chi connectivity index (χ3v) is 5.87. The quantitative estimate of drug-likeness (QED) is 0.303. The van der Waals surface area contributed by atoms with Crippen LogP contribution in [0, 0.1) is 3.57 Å². The van der Waals surface area contributed by atoms with Crippen molar-refractivity contribution in [1.29, 1.82) is 0 Å². The van der Waals surface area contributed by atoms with Gasteiger partial charge in [0.15, 0.2) is 11.5 Å². The molecule has 0 spiro atoms. The molecule has 0 atom stereocenters. The highest BCUT2D eigenvalue weighted by molar-refractivity contribution is 14.1. The number of anilines is 1. The van der Waals surface area contributed by atoms with Crippen molar-refractivity contribution < 1.29 is 22.1 Å². The number of halogens is 1. The van der Waals surface area contributed by atoms with Crippen LogP contribution in [-0.4, -0.2) is 27.2 Å². The molecule has 0 aromatic heterocycles. The lowest BCUT2D eigenvalue weighted by Crippen LogP contribution is -2.14.